The molecule has 2 N–H and O–H groups in total. The van der Waals surface area contributed by atoms with Crippen LogP contribution in [0.4, 0.5) is 0 Å². The Kier molecular flexibility index (Phi) is 5.94. The van der Waals surface area contributed by atoms with Gasteiger partial charge in [0, 0.05) is 12.0 Å². The van der Waals surface area contributed by atoms with E-state index in [1.165, 1.54) is 12.8 Å². The van der Waals surface area contributed by atoms with Crippen LogP contribution < -0.4 is 5.32 Å². The molecule has 6 nitrogen and oxygen atoms in total. The van der Waals surface area contributed by atoms with Crippen LogP contribution in [0.1, 0.15) is 52.3 Å². The SMILES string of the molecule is C[C@@H](O)CN1CCC(CNCc2nnc(C(C)(C)C)o2)CC1. The molecule has 1 fully saturated rings. The highest BCUT2D eigenvalue weighted by Gasteiger charge is 2.22. The second-order valence-electron chi connectivity index (χ2n) is 7.47. The van der Waals surface area contributed by atoms with Crippen LogP contribution >= 0.6 is 0 Å². The van der Waals surface area contributed by atoms with E-state index in [0.717, 1.165) is 26.2 Å². The summed E-state index contributed by atoms with van der Waals surface area (Å²) < 4.78 is 5.68. The normalized spacial score (nSPS) is 19.5. The molecule has 6 heteroatoms. The minimum absolute atomic E-state index is 0.0953. The average molecular weight is 310 g/mol. The number of hydrogen-bond acceptors (Lipinski definition) is 6. The number of likely N-dealkylation sites (tertiary alicyclic amines) is 1. The summed E-state index contributed by atoms with van der Waals surface area (Å²) in [6.45, 7) is 12.6. The van der Waals surface area contributed by atoms with E-state index in [1.807, 2.05) is 6.92 Å². The van der Waals surface area contributed by atoms with Crippen LogP contribution in [-0.4, -0.2) is 52.5 Å². The molecular formula is C16H30N4O2. The second-order valence-corrected chi connectivity index (χ2v) is 7.47. The number of aromatic nitrogens is 2. The predicted molar refractivity (Wildman–Crippen MR) is 85.5 cm³/mol. The third-order valence-electron chi connectivity index (χ3n) is 4.05. The lowest BCUT2D eigenvalue weighted by atomic mass is 9.96. The lowest BCUT2D eigenvalue weighted by Gasteiger charge is -2.32. The van der Waals surface area contributed by atoms with Gasteiger partial charge in [0.05, 0.1) is 12.6 Å². The van der Waals surface area contributed by atoms with Crippen LogP contribution in [0.5, 0.6) is 0 Å². The Morgan fingerprint density at radius 1 is 1.32 bits per heavy atom. The maximum atomic E-state index is 9.42. The molecule has 0 bridgehead atoms. The number of aliphatic hydroxyl groups is 1. The molecule has 0 unspecified atom stereocenters. The minimum Gasteiger partial charge on any atom is -0.423 e. The van der Waals surface area contributed by atoms with Crippen LogP contribution in [0.25, 0.3) is 0 Å². The van der Waals surface area contributed by atoms with Crippen molar-refractivity contribution in [2.45, 2.75) is 58.6 Å². The van der Waals surface area contributed by atoms with Crippen molar-refractivity contribution in [2.75, 3.05) is 26.2 Å². The molecule has 126 valence electrons. The van der Waals surface area contributed by atoms with Crippen molar-refractivity contribution < 1.29 is 9.52 Å². The van der Waals surface area contributed by atoms with Gasteiger partial charge in [-0.25, -0.2) is 0 Å². The van der Waals surface area contributed by atoms with E-state index in [0.29, 0.717) is 24.2 Å². The lowest BCUT2D eigenvalue weighted by Crippen LogP contribution is -2.40. The van der Waals surface area contributed by atoms with Crippen LogP contribution in [-0.2, 0) is 12.0 Å². The highest BCUT2D eigenvalue weighted by atomic mass is 16.4. The van der Waals surface area contributed by atoms with E-state index in [2.05, 4.69) is 41.2 Å². The maximum absolute atomic E-state index is 9.42. The zero-order chi connectivity index (χ0) is 16.2. The summed E-state index contributed by atoms with van der Waals surface area (Å²) in [4.78, 5) is 2.34. The molecule has 2 rings (SSSR count). The van der Waals surface area contributed by atoms with Gasteiger partial charge in [0.2, 0.25) is 11.8 Å². The molecule has 0 spiro atoms. The first-order valence-corrected chi connectivity index (χ1v) is 8.28. The van der Waals surface area contributed by atoms with Crippen LogP contribution in [0, 0.1) is 5.92 Å². The molecule has 1 aromatic rings. The van der Waals surface area contributed by atoms with Crippen molar-refractivity contribution in [3.63, 3.8) is 0 Å². The number of hydrogen-bond donors (Lipinski definition) is 2. The Labute approximate surface area is 133 Å². The Morgan fingerprint density at radius 3 is 2.55 bits per heavy atom. The molecule has 1 aromatic heterocycles. The molecule has 0 saturated carbocycles. The molecule has 1 aliphatic rings. The molecule has 0 aromatic carbocycles. The summed E-state index contributed by atoms with van der Waals surface area (Å²) in [6.07, 6.45) is 2.12. The summed E-state index contributed by atoms with van der Waals surface area (Å²) >= 11 is 0. The van der Waals surface area contributed by atoms with E-state index < -0.39 is 0 Å². The van der Waals surface area contributed by atoms with Gasteiger partial charge in [0.25, 0.3) is 0 Å². The van der Waals surface area contributed by atoms with Gasteiger partial charge in [-0.3, -0.25) is 0 Å². The fraction of sp³-hybridized carbons (Fsp3) is 0.875. The summed E-state index contributed by atoms with van der Waals surface area (Å²) in [5, 5.41) is 21.0. The first kappa shape index (κ1) is 17.4. The quantitative estimate of drug-likeness (QED) is 0.830. The summed E-state index contributed by atoms with van der Waals surface area (Å²) in [6, 6.07) is 0. The second kappa shape index (κ2) is 7.53. The van der Waals surface area contributed by atoms with Crippen LogP contribution in [0.3, 0.4) is 0 Å². The Balaban J connectivity index is 1.66. The standard InChI is InChI=1S/C16H30N4O2/c1-12(21)11-20-7-5-13(6-8-20)9-17-10-14-18-19-15(22-14)16(2,3)4/h12-13,17,21H,5-11H2,1-4H3/t12-/m1/s1. The zero-order valence-electron chi connectivity index (χ0n) is 14.3. The van der Waals surface area contributed by atoms with Gasteiger partial charge in [-0.1, -0.05) is 20.8 Å². The Hall–Kier alpha value is -0.980. The van der Waals surface area contributed by atoms with E-state index in [9.17, 15) is 5.11 Å². The van der Waals surface area contributed by atoms with E-state index in [4.69, 9.17) is 4.42 Å². The molecule has 0 radical (unpaired) electrons. The molecule has 0 aliphatic carbocycles. The average Bonchev–Trinajstić information content (AvgIpc) is 2.89. The fourth-order valence-electron chi connectivity index (χ4n) is 2.76. The number of β-amino-alcohol motifs (C(OH)–C–C–N with tert-alkyl or cyclic N) is 1. The van der Waals surface area contributed by atoms with Gasteiger partial charge in [0.1, 0.15) is 0 Å². The van der Waals surface area contributed by atoms with Crippen molar-refractivity contribution in [3.8, 4) is 0 Å². The molecule has 1 saturated heterocycles. The highest BCUT2D eigenvalue weighted by molar-refractivity contribution is 4.95. The largest absolute Gasteiger partial charge is 0.423 e. The highest BCUT2D eigenvalue weighted by Crippen LogP contribution is 2.20. The van der Waals surface area contributed by atoms with Gasteiger partial charge < -0.3 is 19.7 Å². The number of rotatable bonds is 6. The van der Waals surface area contributed by atoms with Crippen LogP contribution in [0.15, 0.2) is 4.42 Å². The summed E-state index contributed by atoms with van der Waals surface area (Å²) in [5.74, 6) is 2.04. The monoisotopic (exact) mass is 310 g/mol. The number of nitrogens with one attached hydrogen (secondary N) is 1. The van der Waals surface area contributed by atoms with Crippen LogP contribution in [0.2, 0.25) is 0 Å². The number of aliphatic hydroxyl groups excluding tert-OH is 1. The first-order valence-electron chi connectivity index (χ1n) is 8.28. The van der Waals surface area contributed by atoms with Gasteiger partial charge in [-0.2, -0.15) is 0 Å². The molecule has 1 aliphatic heterocycles. The number of nitrogens with zero attached hydrogens (tertiary/aromatic N) is 3. The zero-order valence-corrected chi connectivity index (χ0v) is 14.3. The van der Waals surface area contributed by atoms with E-state index in [-0.39, 0.29) is 11.5 Å². The van der Waals surface area contributed by atoms with Gasteiger partial charge in [-0.15, -0.1) is 10.2 Å². The molecule has 2 heterocycles. The third kappa shape index (κ3) is 5.34. The molecular weight excluding hydrogens is 280 g/mol. The van der Waals surface area contributed by atoms with E-state index in [1.54, 1.807) is 0 Å². The summed E-state index contributed by atoms with van der Waals surface area (Å²) in [7, 11) is 0. The maximum Gasteiger partial charge on any atom is 0.230 e. The predicted octanol–water partition coefficient (Wildman–Crippen LogP) is 1.55. The van der Waals surface area contributed by atoms with E-state index >= 15 is 0 Å². The third-order valence-corrected chi connectivity index (χ3v) is 4.05. The van der Waals surface area contributed by atoms with Crippen molar-refractivity contribution in [1.29, 1.82) is 0 Å². The van der Waals surface area contributed by atoms with Gasteiger partial charge >= 0.3 is 0 Å². The first-order chi connectivity index (χ1) is 10.3. The van der Waals surface area contributed by atoms with Crippen molar-refractivity contribution in [2.24, 2.45) is 5.92 Å². The fourth-order valence-corrected chi connectivity index (χ4v) is 2.76. The van der Waals surface area contributed by atoms with Crippen molar-refractivity contribution >= 4 is 0 Å². The smallest absolute Gasteiger partial charge is 0.230 e. The van der Waals surface area contributed by atoms with Gasteiger partial charge in [0.15, 0.2) is 0 Å². The Bertz CT molecular complexity index is 445. The minimum atomic E-state index is -0.232. The Morgan fingerprint density at radius 2 is 2.00 bits per heavy atom. The van der Waals surface area contributed by atoms with Crippen molar-refractivity contribution in [1.82, 2.24) is 20.4 Å². The van der Waals surface area contributed by atoms with Crippen molar-refractivity contribution in [3.05, 3.63) is 11.8 Å². The number of piperidine rings is 1. The molecule has 0 amide bonds. The topological polar surface area (TPSA) is 74.4 Å². The molecule has 22 heavy (non-hydrogen) atoms. The summed E-state index contributed by atoms with van der Waals surface area (Å²) in [5.41, 5.74) is -0.0953. The van der Waals surface area contributed by atoms with Gasteiger partial charge in [-0.05, 0) is 45.3 Å². The lowest BCUT2D eigenvalue weighted by molar-refractivity contribution is 0.0996. The molecule has 1 atom stereocenters.